The molecule has 0 fully saturated rings. The summed E-state index contributed by atoms with van der Waals surface area (Å²) in [6.07, 6.45) is 0.730. The van der Waals surface area contributed by atoms with Crippen molar-refractivity contribution < 1.29 is 4.79 Å². The Labute approximate surface area is 178 Å². The van der Waals surface area contributed by atoms with Gasteiger partial charge in [-0.15, -0.1) is 11.3 Å². The number of hydrogen-bond acceptors (Lipinski definition) is 4. The number of imidazole rings is 1. The molecule has 0 bridgehead atoms. The predicted molar refractivity (Wildman–Crippen MR) is 121 cm³/mol. The van der Waals surface area contributed by atoms with Crippen LogP contribution in [0.1, 0.15) is 17.5 Å². The number of para-hydroxylation sites is 2. The first-order chi connectivity index (χ1) is 14.6. The fraction of sp³-hybridized carbons (Fsp3) is 0.261. The van der Waals surface area contributed by atoms with Crippen LogP contribution in [0.25, 0.3) is 22.3 Å². The van der Waals surface area contributed by atoms with E-state index in [2.05, 4.69) is 39.9 Å². The lowest BCUT2D eigenvalue weighted by Gasteiger charge is -2.07. The maximum Gasteiger partial charge on any atom is 0.329 e. The lowest BCUT2D eigenvalue weighted by molar-refractivity contribution is -0.121. The van der Waals surface area contributed by atoms with E-state index in [4.69, 9.17) is 0 Å². The number of aryl methyl sites for hydroxylation is 2. The summed E-state index contributed by atoms with van der Waals surface area (Å²) >= 11 is 1.64. The Kier molecular flexibility index (Phi) is 5.81. The van der Waals surface area contributed by atoms with E-state index >= 15 is 0 Å². The van der Waals surface area contributed by atoms with Gasteiger partial charge in [-0.2, -0.15) is 0 Å². The van der Waals surface area contributed by atoms with Crippen LogP contribution in [0.15, 0.2) is 58.7 Å². The first-order valence-corrected chi connectivity index (χ1v) is 10.9. The fourth-order valence-corrected chi connectivity index (χ4v) is 4.24. The minimum absolute atomic E-state index is 0.0223. The molecule has 0 saturated heterocycles. The molecule has 2 heterocycles. The number of nitrogens with one attached hydrogen (secondary N) is 1. The number of hydrogen-bond donors (Lipinski definition) is 1. The molecule has 6 nitrogen and oxygen atoms in total. The minimum Gasteiger partial charge on any atom is -0.354 e. The summed E-state index contributed by atoms with van der Waals surface area (Å²) in [6.45, 7) is 5.05. The second kappa shape index (κ2) is 8.67. The molecular weight excluding hydrogens is 396 g/mol. The maximum atomic E-state index is 12.6. The van der Waals surface area contributed by atoms with E-state index in [0.29, 0.717) is 13.1 Å². The molecule has 0 unspecified atom stereocenters. The van der Waals surface area contributed by atoms with Crippen molar-refractivity contribution in [3.8, 4) is 11.3 Å². The van der Waals surface area contributed by atoms with Crippen molar-refractivity contribution in [1.29, 1.82) is 0 Å². The molecule has 154 valence electrons. The first-order valence-electron chi connectivity index (χ1n) is 10.0. The molecule has 7 heteroatoms. The fourth-order valence-electron chi connectivity index (χ4n) is 3.61. The smallest absolute Gasteiger partial charge is 0.329 e. The van der Waals surface area contributed by atoms with Crippen molar-refractivity contribution in [1.82, 2.24) is 19.4 Å². The summed E-state index contributed by atoms with van der Waals surface area (Å²) < 4.78 is 3.23. The normalized spacial score (nSPS) is 11.1. The van der Waals surface area contributed by atoms with Gasteiger partial charge in [0.2, 0.25) is 5.91 Å². The van der Waals surface area contributed by atoms with Crippen LogP contribution in [-0.4, -0.2) is 26.6 Å². The molecule has 0 aliphatic heterocycles. The lowest BCUT2D eigenvalue weighted by atomic mass is 10.1. The number of nitrogens with zero attached hydrogens (tertiary/aromatic N) is 3. The number of benzene rings is 2. The maximum absolute atomic E-state index is 12.6. The number of fused-ring (bicyclic) bond motifs is 1. The average molecular weight is 421 g/mol. The van der Waals surface area contributed by atoms with Crippen LogP contribution in [0.2, 0.25) is 0 Å². The zero-order valence-corrected chi connectivity index (χ0v) is 17.9. The Morgan fingerprint density at radius 3 is 2.40 bits per heavy atom. The highest BCUT2D eigenvalue weighted by atomic mass is 32.1. The number of aromatic nitrogens is 3. The van der Waals surface area contributed by atoms with Gasteiger partial charge in [0.1, 0.15) is 6.54 Å². The van der Waals surface area contributed by atoms with Crippen molar-refractivity contribution in [3.63, 3.8) is 0 Å². The lowest BCUT2D eigenvalue weighted by Crippen LogP contribution is -2.34. The van der Waals surface area contributed by atoms with Gasteiger partial charge in [-0.05, 0) is 38.0 Å². The summed E-state index contributed by atoms with van der Waals surface area (Å²) in [4.78, 5) is 29.6. The Morgan fingerprint density at radius 1 is 1.07 bits per heavy atom. The Morgan fingerprint density at radius 2 is 1.77 bits per heavy atom. The third-order valence-corrected chi connectivity index (χ3v) is 5.92. The van der Waals surface area contributed by atoms with Gasteiger partial charge in [0, 0.05) is 24.0 Å². The molecule has 0 saturated carbocycles. The number of amides is 1. The van der Waals surface area contributed by atoms with E-state index in [9.17, 15) is 9.59 Å². The summed E-state index contributed by atoms with van der Waals surface area (Å²) in [7, 11) is 0. The quantitative estimate of drug-likeness (QED) is 0.497. The van der Waals surface area contributed by atoms with E-state index in [0.717, 1.165) is 39.3 Å². The molecule has 0 aliphatic rings. The second-order valence-electron chi connectivity index (χ2n) is 7.15. The Balaban J connectivity index is 1.36. The topological polar surface area (TPSA) is 68.9 Å². The summed E-state index contributed by atoms with van der Waals surface area (Å²) in [5.41, 5.74) is 4.72. The number of carbonyl (C=O) groups excluding carboxylic acids is 1. The largest absolute Gasteiger partial charge is 0.354 e. The van der Waals surface area contributed by atoms with Gasteiger partial charge >= 0.3 is 5.69 Å². The van der Waals surface area contributed by atoms with Gasteiger partial charge in [-0.25, -0.2) is 9.78 Å². The zero-order chi connectivity index (χ0) is 21.1. The summed E-state index contributed by atoms with van der Waals surface area (Å²) in [5.74, 6) is -0.161. The van der Waals surface area contributed by atoms with Crippen LogP contribution < -0.4 is 11.0 Å². The summed E-state index contributed by atoms with van der Waals surface area (Å²) in [6, 6.07) is 15.8. The molecule has 0 atom stereocenters. The van der Waals surface area contributed by atoms with Gasteiger partial charge < -0.3 is 5.32 Å². The van der Waals surface area contributed by atoms with Crippen molar-refractivity contribution in [2.45, 2.75) is 33.4 Å². The van der Waals surface area contributed by atoms with Crippen molar-refractivity contribution in [3.05, 3.63) is 75.0 Å². The molecule has 1 amide bonds. The van der Waals surface area contributed by atoms with E-state index in [1.54, 1.807) is 20.5 Å². The third-order valence-electron chi connectivity index (χ3n) is 5.15. The van der Waals surface area contributed by atoms with Crippen LogP contribution in [0.3, 0.4) is 0 Å². The molecule has 0 aliphatic carbocycles. The van der Waals surface area contributed by atoms with Crippen LogP contribution in [0.4, 0.5) is 0 Å². The Bertz CT molecular complexity index is 1230. The van der Waals surface area contributed by atoms with Crippen LogP contribution in [-0.2, 0) is 24.3 Å². The molecule has 2 aromatic heterocycles. The molecule has 30 heavy (non-hydrogen) atoms. The molecule has 0 spiro atoms. The molecule has 1 N–H and O–H groups in total. The Hall–Kier alpha value is -3.19. The van der Waals surface area contributed by atoms with Crippen molar-refractivity contribution in [2.24, 2.45) is 0 Å². The highest BCUT2D eigenvalue weighted by Crippen LogP contribution is 2.21. The van der Waals surface area contributed by atoms with E-state index in [1.807, 2.05) is 38.1 Å². The number of rotatable bonds is 7. The van der Waals surface area contributed by atoms with Gasteiger partial charge in [-0.3, -0.25) is 13.9 Å². The molecule has 0 radical (unpaired) electrons. The van der Waals surface area contributed by atoms with Crippen molar-refractivity contribution >= 4 is 28.3 Å². The SMILES string of the molecule is CCn1c(=O)n(CC(=O)NCCc2ccc(-c3csc(C)n3)cc2)c2ccccc21. The van der Waals surface area contributed by atoms with Crippen LogP contribution in [0.5, 0.6) is 0 Å². The van der Waals surface area contributed by atoms with Crippen LogP contribution >= 0.6 is 11.3 Å². The van der Waals surface area contributed by atoms with E-state index in [1.165, 1.54) is 0 Å². The van der Waals surface area contributed by atoms with E-state index in [-0.39, 0.29) is 18.1 Å². The average Bonchev–Trinajstić information content (AvgIpc) is 3.30. The molecule has 4 rings (SSSR count). The molecule has 2 aromatic carbocycles. The van der Waals surface area contributed by atoms with E-state index < -0.39 is 0 Å². The van der Waals surface area contributed by atoms with Crippen molar-refractivity contribution in [2.75, 3.05) is 6.54 Å². The standard InChI is InChI=1S/C23H24N4O2S/c1-3-26-20-6-4-5-7-21(20)27(23(26)29)14-22(28)24-13-12-17-8-10-18(11-9-17)19-15-30-16(2)25-19/h4-11,15H,3,12-14H2,1-2H3,(H,24,28). The highest BCUT2D eigenvalue weighted by molar-refractivity contribution is 7.09. The first kappa shape index (κ1) is 20.1. The second-order valence-corrected chi connectivity index (χ2v) is 8.21. The number of carbonyl (C=O) groups is 1. The molecule has 4 aromatic rings. The zero-order valence-electron chi connectivity index (χ0n) is 17.1. The third kappa shape index (κ3) is 4.07. The number of thiazole rings is 1. The summed E-state index contributed by atoms with van der Waals surface area (Å²) in [5, 5.41) is 6.04. The molecular formula is C23H24N4O2S. The van der Waals surface area contributed by atoms with Gasteiger partial charge in [0.05, 0.1) is 21.7 Å². The predicted octanol–water partition coefficient (Wildman–Crippen LogP) is 3.61. The van der Waals surface area contributed by atoms with Gasteiger partial charge in [0.15, 0.2) is 0 Å². The highest BCUT2D eigenvalue weighted by Gasteiger charge is 2.14. The minimum atomic E-state index is -0.161. The van der Waals surface area contributed by atoms with Gasteiger partial charge in [0.25, 0.3) is 0 Å². The van der Waals surface area contributed by atoms with Crippen LogP contribution in [0, 0.1) is 6.92 Å². The van der Waals surface area contributed by atoms with Gasteiger partial charge in [-0.1, -0.05) is 36.4 Å². The monoisotopic (exact) mass is 420 g/mol.